The van der Waals surface area contributed by atoms with Gasteiger partial charge in [-0.2, -0.15) is 0 Å². The second-order valence-electron chi connectivity index (χ2n) is 6.13. The Morgan fingerprint density at radius 2 is 2.00 bits per heavy atom. The summed E-state index contributed by atoms with van der Waals surface area (Å²) in [5.41, 5.74) is 2.67. The zero-order chi connectivity index (χ0) is 19.2. The number of ether oxygens (including phenoxy) is 1. The lowest BCUT2D eigenvalue weighted by molar-refractivity contribution is -0.125. The number of aromatic amines is 1. The van der Waals surface area contributed by atoms with Gasteiger partial charge >= 0.3 is 0 Å². The quantitative estimate of drug-likeness (QED) is 0.584. The highest BCUT2D eigenvalue weighted by atomic mass is 32.2. The van der Waals surface area contributed by atoms with Crippen molar-refractivity contribution < 1.29 is 14.3 Å². The summed E-state index contributed by atoms with van der Waals surface area (Å²) >= 11 is 1.30. The maximum absolute atomic E-state index is 12.3. The fourth-order valence-corrected chi connectivity index (χ4v) is 3.37. The number of H-pyrrole nitrogens is 1. The predicted molar refractivity (Wildman–Crippen MR) is 106 cm³/mol. The molecule has 2 aromatic carbocycles. The van der Waals surface area contributed by atoms with Crippen molar-refractivity contribution in [3.63, 3.8) is 0 Å². The Hall–Kier alpha value is -2.80. The molecule has 1 amide bonds. The Labute approximate surface area is 161 Å². The number of amides is 1. The first-order valence-corrected chi connectivity index (χ1v) is 9.54. The van der Waals surface area contributed by atoms with Crippen LogP contribution >= 0.6 is 11.8 Å². The molecule has 0 spiro atoms. The second-order valence-corrected chi connectivity index (χ2v) is 7.10. The van der Waals surface area contributed by atoms with Crippen LogP contribution in [0.4, 0.5) is 0 Å². The average molecular weight is 383 g/mol. The van der Waals surface area contributed by atoms with Gasteiger partial charge in [-0.3, -0.25) is 9.59 Å². The van der Waals surface area contributed by atoms with Crippen molar-refractivity contribution in [3.8, 4) is 5.75 Å². The van der Waals surface area contributed by atoms with E-state index in [1.165, 1.54) is 18.7 Å². The van der Waals surface area contributed by atoms with Crippen molar-refractivity contribution >= 4 is 34.5 Å². The Kier molecular flexibility index (Phi) is 6.13. The van der Waals surface area contributed by atoms with Crippen molar-refractivity contribution in [2.24, 2.45) is 0 Å². The topological polar surface area (TPSA) is 84.1 Å². The molecule has 0 aliphatic rings. The van der Waals surface area contributed by atoms with E-state index in [1.807, 2.05) is 48.5 Å². The van der Waals surface area contributed by atoms with Crippen LogP contribution in [-0.4, -0.2) is 40.6 Å². The molecule has 0 radical (unpaired) electrons. The van der Waals surface area contributed by atoms with E-state index in [1.54, 1.807) is 7.11 Å². The van der Waals surface area contributed by atoms with Crippen molar-refractivity contribution in [2.45, 2.75) is 24.5 Å². The smallest absolute Gasteiger partial charge is 0.231 e. The van der Waals surface area contributed by atoms with Crippen molar-refractivity contribution in [1.29, 1.82) is 0 Å². The number of nitrogens with one attached hydrogen (secondary N) is 2. The summed E-state index contributed by atoms with van der Waals surface area (Å²) in [4.78, 5) is 31.8. The van der Waals surface area contributed by atoms with E-state index >= 15 is 0 Å². The number of carbonyl (C=O) groups excluding carboxylic acids is 2. The SMILES string of the molecule is COc1ccc2nc(SCC(=O)N[C@H](Cc3ccccc3)C(C)=O)[nH]c2c1. The third kappa shape index (κ3) is 5.10. The molecule has 0 saturated carbocycles. The fraction of sp³-hybridized carbons (Fsp3) is 0.250. The number of ketones is 1. The summed E-state index contributed by atoms with van der Waals surface area (Å²) in [7, 11) is 1.61. The van der Waals surface area contributed by atoms with Gasteiger partial charge in [0, 0.05) is 6.07 Å². The van der Waals surface area contributed by atoms with E-state index in [0.717, 1.165) is 22.3 Å². The zero-order valence-corrected chi connectivity index (χ0v) is 16.0. The van der Waals surface area contributed by atoms with Crippen LogP contribution in [0, 0.1) is 0 Å². The lowest BCUT2D eigenvalue weighted by Crippen LogP contribution is -2.42. The lowest BCUT2D eigenvalue weighted by Gasteiger charge is -2.15. The molecule has 27 heavy (non-hydrogen) atoms. The van der Waals surface area contributed by atoms with Gasteiger partial charge in [0.05, 0.1) is 29.9 Å². The summed E-state index contributed by atoms with van der Waals surface area (Å²) < 4.78 is 5.19. The summed E-state index contributed by atoms with van der Waals surface area (Å²) in [6.07, 6.45) is 0.483. The van der Waals surface area contributed by atoms with Gasteiger partial charge in [0.2, 0.25) is 5.91 Å². The van der Waals surface area contributed by atoms with E-state index in [4.69, 9.17) is 4.74 Å². The molecule has 0 saturated heterocycles. The number of carbonyl (C=O) groups is 2. The molecule has 0 aliphatic heterocycles. The fourth-order valence-electron chi connectivity index (χ4n) is 2.68. The second kappa shape index (κ2) is 8.73. The number of methoxy groups -OCH3 is 1. The van der Waals surface area contributed by atoms with Gasteiger partial charge in [0.15, 0.2) is 10.9 Å². The first-order chi connectivity index (χ1) is 13.0. The number of imidazole rings is 1. The van der Waals surface area contributed by atoms with E-state index in [9.17, 15) is 9.59 Å². The van der Waals surface area contributed by atoms with E-state index in [2.05, 4.69) is 15.3 Å². The van der Waals surface area contributed by atoms with Crippen LogP contribution in [0.2, 0.25) is 0 Å². The molecule has 1 atom stereocenters. The molecule has 7 heteroatoms. The molecule has 140 valence electrons. The highest BCUT2D eigenvalue weighted by Crippen LogP contribution is 2.23. The number of nitrogens with zero attached hydrogens (tertiary/aromatic N) is 1. The van der Waals surface area contributed by atoms with Crippen molar-refractivity contribution in [2.75, 3.05) is 12.9 Å². The van der Waals surface area contributed by atoms with Crippen LogP contribution in [0.25, 0.3) is 11.0 Å². The van der Waals surface area contributed by atoms with Gasteiger partial charge in [0.25, 0.3) is 0 Å². The number of fused-ring (bicyclic) bond motifs is 1. The molecule has 1 heterocycles. The molecule has 3 rings (SSSR count). The first kappa shape index (κ1) is 19.0. The Morgan fingerprint density at radius 3 is 2.70 bits per heavy atom. The number of Topliss-reactive ketones (excluding diaryl/α,β-unsaturated/α-hetero) is 1. The zero-order valence-electron chi connectivity index (χ0n) is 15.2. The molecule has 0 fully saturated rings. The average Bonchev–Trinajstić information content (AvgIpc) is 3.08. The minimum absolute atomic E-state index is 0.0620. The van der Waals surface area contributed by atoms with Crippen LogP contribution in [-0.2, 0) is 16.0 Å². The molecular formula is C20H21N3O3S. The summed E-state index contributed by atoms with van der Waals surface area (Å²) in [6.45, 7) is 1.49. The van der Waals surface area contributed by atoms with Crippen LogP contribution in [0.1, 0.15) is 12.5 Å². The van der Waals surface area contributed by atoms with Crippen LogP contribution in [0.15, 0.2) is 53.7 Å². The monoisotopic (exact) mass is 383 g/mol. The van der Waals surface area contributed by atoms with E-state index in [0.29, 0.717) is 11.6 Å². The molecular weight excluding hydrogens is 362 g/mol. The van der Waals surface area contributed by atoms with Gasteiger partial charge in [-0.15, -0.1) is 0 Å². The van der Waals surface area contributed by atoms with Crippen LogP contribution in [0.3, 0.4) is 0 Å². The van der Waals surface area contributed by atoms with E-state index < -0.39 is 6.04 Å². The molecule has 0 aliphatic carbocycles. The predicted octanol–water partition coefficient (Wildman–Crippen LogP) is 2.98. The number of aromatic nitrogens is 2. The highest BCUT2D eigenvalue weighted by Gasteiger charge is 2.18. The van der Waals surface area contributed by atoms with E-state index in [-0.39, 0.29) is 17.4 Å². The molecule has 2 N–H and O–H groups in total. The third-order valence-electron chi connectivity index (χ3n) is 4.12. The van der Waals surface area contributed by atoms with Gasteiger partial charge in [-0.05, 0) is 31.0 Å². The maximum atomic E-state index is 12.3. The van der Waals surface area contributed by atoms with Crippen molar-refractivity contribution in [1.82, 2.24) is 15.3 Å². The van der Waals surface area contributed by atoms with Gasteiger partial charge < -0.3 is 15.0 Å². The number of benzene rings is 2. The maximum Gasteiger partial charge on any atom is 0.231 e. The largest absolute Gasteiger partial charge is 0.497 e. The number of hydrogen-bond acceptors (Lipinski definition) is 5. The molecule has 1 aromatic heterocycles. The first-order valence-electron chi connectivity index (χ1n) is 8.55. The Morgan fingerprint density at radius 1 is 1.22 bits per heavy atom. The van der Waals surface area contributed by atoms with Crippen LogP contribution < -0.4 is 10.1 Å². The third-order valence-corrected chi connectivity index (χ3v) is 4.99. The standard InChI is InChI=1S/C20H21N3O3S/c1-13(24)17(10-14-6-4-3-5-7-14)21-19(25)12-27-20-22-16-9-8-15(26-2)11-18(16)23-20/h3-9,11,17H,10,12H2,1-2H3,(H,21,25)(H,22,23)/t17-/m1/s1. The van der Waals surface area contributed by atoms with Gasteiger partial charge in [-0.25, -0.2) is 4.98 Å². The summed E-state index contributed by atoms with van der Waals surface area (Å²) in [5.74, 6) is 0.656. The summed E-state index contributed by atoms with van der Waals surface area (Å²) in [6, 6.07) is 14.7. The Balaban J connectivity index is 1.58. The van der Waals surface area contributed by atoms with Gasteiger partial charge in [0.1, 0.15) is 5.75 Å². The molecule has 0 unspecified atom stereocenters. The summed E-state index contributed by atoms with van der Waals surface area (Å²) in [5, 5.41) is 3.47. The van der Waals surface area contributed by atoms with Crippen LogP contribution in [0.5, 0.6) is 5.75 Å². The number of rotatable bonds is 8. The lowest BCUT2D eigenvalue weighted by atomic mass is 10.0. The molecule has 6 nitrogen and oxygen atoms in total. The Bertz CT molecular complexity index is 940. The van der Waals surface area contributed by atoms with Crippen molar-refractivity contribution in [3.05, 3.63) is 54.1 Å². The molecule has 3 aromatic rings. The van der Waals surface area contributed by atoms with Gasteiger partial charge in [-0.1, -0.05) is 42.1 Å². The number of hydrogen-bond donors (Lipinski definition) is 2. The minimum Gasteiger partial charge on any atom is -0.497 e. The normalized spacial score (nSPS) is 11.9. The molecule has 0 bridgehead atoms. The highest BCUT2D eigenvalue weighted by molar-refractivity contribution is 7.99. The minimum atomic E-state index is -0.527. The number of thioether (sulfide) groups is 1.